The first-order chi connectivity index (χ1) is 11.1. The zero-order valence-corrected chi connectivity index (χ0v) is 13.0. The Balaban J connectivity index is 1.81. The topological polar surface area (TPSA) is 41.6 Å². The van der Waals surface area contributed by atoms with Gasteiger partial charge in [-0.2, -0.15) is 0 Å². The van der Waals surface area contributed by atoms with Crippen molar-refractivity contribution >= 4 is 17.8 Å². The van der Waals surface area contributed by atoms with E-state index in [1.807, 2.05) is 55.5 Å². The van der Waals surface area contributed by atoms with E-state index in [9.17, 15) is 4.79 Å². The number of para-hydroxylation sites is 1. The number of amides is 2. The predicted octanol–water partition coefficient (Wildman–Crippen LogP) is 4.10. The molecule has 2 aliphatic heterocycles. The van der Waals surface area contributed by atoms with Gasteiger partial charge in [-0.3, -0.25) is 4.90 Å². The van der Waals surface area contributed by atoms with Crippen LogP contribution in [0.5, 0.6) is 5.75 Å². The maximum absolute atomic E-state index is 12.7. The van der Waals surface area contributed by atoms with Gasteiger partial charge in [0.2, 0.25) is 0 Å². The molecule has 23 heavy (non-hydrogen) atoms. The number of nitrogens with one attached hydrogen (secondary N) is 1. The Labute approximate surface area is 135 Å². The van der Waals surface area contributed by atoms with Crippen LogP contribution >= 0.6 is 0 Å². The lowest BCUT2D eigenvalue weighted by molar-refractivity contribution is 0.0379. The number of carbonyl (C=O) groups excluding carboxylic acids is 1. The molecule has 116 valence electrons. The number of rotatable bonds is 2. The van der Waals surface area contributed by atoms with Crippen molar-refractivity contribution in [2.24, 2.45) is 0 Å². The lowest BCUT2D eigenvalue weighted by Crippen LogP contribution is -2.65. The molecule has 0 radical (unpaired) electrons. The van der Waals surface area contributed by atoms with Gasteiger partial charge < -0.3 is 10.1 Å². The molecule has 2 aliphatic rings. The average Bonchev–Trinajstić information content (AvgIpc) is 2.54. The zero-order valence-electron chi connectivity index (χ0n) is 13.0. The van der Waals surface area contributed by atoms with Crippen LogP contribution in [0.15, 0.2) is 55.1 Å². The molecule has 2 heterocycles. The third-order valence-electron chi connectivity index (χ3n) is 4.55. The van der Waals surface area contributed by atoms with Crippen LogP contribution in [0.2, 0.25) is 0 Å². The van der Waals surface area contributed by atoms with Crippen molar-refractivity contribution in [1.29, 1.82) is 0 Å². The van der Waals surface area contributed by atoms with Gasteiger partial charge in [-0.1, -0.05) is 43.0 Å². The molecule has 1 saturated heterocycles. The van der Waals surface area contributed by atoms with Crippen LogP contribution in [-0.4, -0.2) is 11.8 Å². The number of urea groups is 1. The molecule has 0 saturated carbocycles. The number of carbonyl (C=O) groups is 1. The molecular formula is C19H18N2O2. The zero-order chi connectivity index (χ0) is 16.0. The largest absolute Gasteiger partial charge is 0.467 e. The van der Waals surface area contributed by atoms with Gasteiger partial charge in [0.05, 0.1) is 11.7 Å². The smallest absolute Gasteiger partial charge is 0.325 e. The lowest BCUT2D eigenvalue weighted by Gasteiger charge is -2.50. The van der Waals surface area contributed by atoms with Crippen molar-refractivity contribution in [2.75, 3.05) is 4.90 Å². The molecule has 1 fully saturated rings. The summed E-state index contributed by atoms with van der Waals surface area (Å²) in [5, 5.41) is 3.10. The summed E-state index contributed by atoms with van der Waals surface area (Å²) in [7, 11) is 0. The Morgan fingerprint density at radius 1 is 1.30 bits per heavy atom. The standard InChI is InChI=1S/C19H18N2O2/c1-3-13-7-6-8-14(11-13)21-18(22)20-16-12-19(21,2)23-17-10-5-4-9-15(16)17/h3-11,16H,1,12H2,2H3,(H,20,22). The fourth-order valence-electron chi connectivity index (χ4n) is 3.50. The quantitative estimate of drug-likeness (QED) is 0.907. The van der Waals surface area contributed by atoms with Gasteiger partial charge in [-0.05, 0) is 30.7 Å². The molecule has 1 N–H and O–H groups in total. The van der Waals surface area contributed by atoms with Crippen molar-refractivity contribution in [3.8, 4) is 5.75 Å². The summed E-state index contributed by atoms with van der Waals surface area (Å²) in [6.45, 7) is 5.76. The molecule has 2 bridgehead atoms. The summed E-state index contributed by atoms with van der Waals surface area (Å²) < 4.78 is 6.24. The Morgan fingerprint density at radius 3 is 2.96 bits per heavy atom. The Morgan fingerprint density at radius 2 is 2.13 bits per heavy atom. The van der Waals surface area contributed by atoms with E-state index in [0.717, 1.165) is 22.6 Å². The van der Waals surface area contributed by atoms with Crippen molar-refractivity contribution < 1.29 is 9.53 Å². The van der Waals surface area contributed by atoms with Crippen molar-refractivity contribution in [3.63, 3.8) is 0 Å². The van der Waals surface area contributed by atoms with Gasteiger partial charge in [-0.25, -0.2) is 4.79 Å². The monoisotopic (exact) mass is 306 g/mol. The minimum atomic E-state index is -0.707. The van der Waals surface area contributed by atoms with Gasteiger partial charge in [-0.15, -0.1) is 0 Å². The third kappa shape index (κ3) is 2.10. The van der Waals surface area contributed by atoms with E-state index in [1.165, 1.54) is 0 Å². The van der Waals surface area contributed by atoms with Gasteiger partial charge in [0, 0.05) is 12.0 Å². The summed E-state index contributed by atoms with van der Waals surface area (Å²) in [5.74, 6) is 0.830. The third-order valence-corrected chi connectivity index (χ3v) is 4.55. The second kappa shape index (κ2) is 4.88. The van der Waals surface area contributed by atoms with Crippen molar-refractivity contribution in [3.05, 3.63) is 66.2 Å². The first-order valence-corrected chi connectivity index (χ1v) is 7.72. The molecule has 0 aromatic heterocycles. The molecule has 2 unspecified atom stereocenters. The number of hydrogen-bond donors (Lipinski definition) is 1. The second-order valence-corrected chi connectivity index (χ2v) is 6.16. The van der Waals surface area contributed by atoms with Crippen LogP contribution < -0.4 is 15.0 Å². The van der Waals surface area contributed by atoms with E-state index in [1.54, 1.807) is 11.0 Å². The minimum Gasteiger partial charge on any atom is -0.467 e. The number of benzene rings is 2. The van der Waals surface area contributed by atoms with Gasteiger partial charge in [0.15, 0.2) is 5.72 Å². The summed E-state index contributed by atoms with van der Waals surface area (Å²) in [6, 6.07) is 15.5. The van der Waals surface area contributed by atoms with Crippen LogP contribution in [0.1, 0.15) is 30.5 Å². The van der Waals surface area contributed by atoms with Gasteiger partial charge >= 0.3 is 6.03 Å². The predicted molar refractivity (Wildman–Crippen MR) is 90.4 cm³/mol. The highest BCUT2D eigenvalue weighted by atomic mass is 16.5. The summed E-state index contributed by atoms with van der Waals surface area (Å²) in [5.41, 5.74) is 2.11. The van der Waals surface area contributed by atoms with Crippen LogP contribution in [0.4, 0.5) is 10.5 Å². The maximum atomic E-state index is 12.7. The fourth-order valence-corrected chi connectivity index (χ4v) is 3.50. The van der Waals surface area contributed by atoms with E-state index in [2.05, 4.69) is 11.9 Å². The maximum Gasteiger partial charge on any atom is 0.325 e. The van der Waals surface area contributed by atoms with E-state index >= 15 is 0 Å². The molecule has 2 aromatic carbocycles. The van der Waals surface area contributed by atoms with Crippen LogP contribution in [0, 0.1) is 0 Å². The highest BCUT2D eigenvalue weighted by Gasteiger charge is 2.49. The minimum absolute atomic E-state index is 0.0173. The highest BCUT2D eigenvalue weighted by molar-refractivity contribution is 5.95. The Bertz CT molecular complexity index is 801. The molecule has 4 rings (SSSR count). The van der Waals surface area contributed by atoms with E-state index in [-0.39, 0.29) is 12.1 Å². The molecular weight excluding hydrogens is 288 g/mol. The Hall–Kier alpha value is -2.75. The molecule has 4 heteroatoms. The van der Waals surface area contributed by atoms with E-state index < -0.39 is 5.72 Å². The number of nitrogens with zero attached hydrogens (tertiary/aromatic N) is 1. The van der Waals surface area contributed by atoms with Gasteiger partial charge in [0.25, 0.3) is 0 Å². The molecule has 0 spiro atoms. The average molecular weight is 306 g/mol. The first kappa shape index (κ1) is 13.9. The molecule has 4 nitrogen and oxygen atoms in total. The normalized spacial score (nSPS) is 25.2. The first-order valence-electron chi connectivity index (χ1n) is 7.72. The fraction of sp³-hybridized carbons (Fsp3) is 0.211. The van der Waals surface area contributed by atoms with E-state index in [0.29, 0.717) is 6.42 Å². The van der Waals surface area contributed by atoms with Crippen LogP contribution in [0.25, 0.3) is 6.08 Å². The molecule has 2 aromatic rings. The number of fused-ring (bicyclic) bond motifs is 4. The van der Waals surface area contributed by atoms with Crippen LogP contribution in [0.3, 0.4) is 0 Å². The Kier molecular flexibility index (Phi) is 2.94. The summed E-state index contributed by atoms with van der Waals surface area (Å²) in [4.78, 5) is 14.4. The second-order valence-electron chi connectivity index (χ2n) is 6.16. The number of ether oxygens (including phenoxy) is 1. The molecule has 2 atom stereocenters. The SMILES string of the molecule is C=Cc1cccc(N2C(=O)NC3CC2(C)Oc2ccccc23)c1. The molecule has 2 amide bonds. The number of anilines is 1. The van der Waals surface area contributed by atoms with E-state index in [4.69, 9.17) is 4.74 Å². The number of hydrogen-bond acceptors (Lipinski definition) is 2. The lowest BCUT2D eigenvalue weighted by atomic mass is 9.90. The van der Waals surface area contributed by atoms with Crippen molar-refractivity contribution in [1.82, 2.24) is 5.32 Å². The highest BCUT2D eigenvalue weighted by Crippen LogP contribution is 2.45. The van der Waals surface area contributed by atoms with Crippen LogP contribution in [-0.2, 0) is 0 Å². The molecule has 0 aliphatic carbocycles. The summed E-state index contributed by atoms with van der Waals surface area (Å²) in [6.07, 6.45) is 2.47. The van der Waals surface area contributed by atoms with Crippen molar-refractivity contribution in [2.45, 2.75) is 25.1 Å². The van der Waals surface area contributed by atoms with Gasteiger partial charge in [0.1, 0.15) is 5.75 Å². The summed E-state index contributed by atoms with van der Waals surface area (Å²) >= 11 is 0.